The van der Waals surface area contributed by atoms with Crippen LogP contribution in [0, 0.1) is 22.9 Å². The number of halogens is 1. The standard InChI is InChI=1S/C23H20FN7O3/c1-15-6-7-18-16(12-15)22(27-13-25-18)34-23-20(31(32)33)21(26-14-28-23)30-10-8-29(9-11-30)19-5-3-2-4-17(19)24/h2-7,12-14H,8-11H2,1H3. The Morgan fingerprint density at radius 1 is 0.941 bits per heavy atom. The molecule has 1 aliphatic heterocycles. The van der Waals surface area contributed by atoms with Crippen LogP contribution < -0.4 is 14.5 Å². The van der Waals surface area contributed by atoms with Crippen molar-refractivity contribution in [2.45, 2.75) is 6.92 Å². The first kappa shape index (κ1) is 21.4. The number of hydrogen-bond acceptors (Lipinski definition) is 9. The lowest BCUT2D eigenvalue weighted by atomic mass is 10.2. The van der Waals surface area contributed by atoms with Gasteiger partial charge in [0.2, 0.25) is 11.7 Å². The highest BCUT2D eigenvalue weighted by molar-refractivity contribution is 5.84. The molecule has 0 N–H and O–H groups in total. The van der Waals surface area contributed by atoms with Crippen LogP contribution in [0.15, 0.2) is 55.1 Å². The molecule has 0 bridgehead atoms. The molecule has 1 fully saturated rings. The Balaban J connectivity index is 1.44. The maximum absolute atomic E-state index is 14.2. The Morgan fingerprint density at radius 2 is 1.65 bits per heavy atom. The van der Waals surface area contributed by atoms with Gasteiger partial charge < -0.3 is 14.5 Å². The van der Waals surface area contributed by atoms with Crippen LogP contribution in [0.2, 0.25) is 0 Å². The van der Waals surface area contributed by atoms with E-state index in [1.165, 1.54) is 18.7 Å². The highest BCUT2D eigenvalue weighted by atomic mass is 19.1. The fourth-order valence-electron chi connectivity index (χ4n) is 4.01. The molecule has 0 spiro atoms. The van der Waals surface area contributed by atoms with Crippen molar-refractivity contribution >= 4 is 28.1 Å². The van der Waals surface area contributed by atoms with E-state index in [-0.39, 0.29) is 29.1 Å². The first-order chi connectivity index (χ1) is 16.5. The van der Waals surface area contributed by atoms with Crippen molar-refractivity contribution in [3.05, 3.63) is 76.6 Å². The number of rotatable bonds is 5. The van der Waals surface area contributed by atoms with Crippen molar-refractivity contribution in [1.82, 2.24) is 19.9 Å². The number of fused-ring (bicyclic) bond motifs is 1. The fraction of sp³-hybridized carbons (Fsp3) is 0.217. The summed E-state index contributed by atoms with van der Waals surface area (Å²) in [6, 6.07) is 12.1. The molecule has 0 radical (unpaired) electrons. The third kappa shape index (κ3) is 4.03. The van der Waals surface area contributed by atoms with Crippen molar-refractivity contribution < 1.29 is 14.1 Å². The van der Waals surface area contributed by atoms with Gasteiger partial charge in [-0.05, 0) is 31.2 Å². The molecule has 4 aromatic rings. The van der Waals surface area contributed by atoms with Gasteiger partial charge in [-0.15, -0.1) is 0 Å². The average molecular weight is 461 g/mol. The van der Waals surface area contributed by atoms with Crippen LogP contribution in [0.4, 0.5) is 21.6 Å². The van der Waals surface area contributed by atoms with E-state index in [2.05, 4.69) is 19.9 Å². The first-order valence-corrected chi connectivity index (χ1v) is 10.6. The van der Waals surface area contributed by atoms with Gasteiger partial charge in [0, 0.05) is 26.2 Å². The van der Waals surface area contributed by atoms with Gasteiger partial charge in [-0.1, -0.05) is 23.8 Å². The summed E-state index contributed by atoms with van der Waals surface area (Å²) in [6.07, 6.45) is 2.57. The van der Waals surface area contributed by atoms with Crippen LogP contribution in [0.1, 0.15) is 5.56 Å². The van der Waals surface area contributed by atoms with E-state index in [1.54, 1.807) is 23.1 Å². The molecule has 2 aromatic heterocycles. The summed E-state index contributed by atoms with van der Waals surface area (Å²) < 4.78 is 20.0. The molecule has 0 saturated carbocycles. The number of piperazine rings is 1. The zero-order chi connectivity index (χ0) is 23.7. The van der Waals surface area contributed by atoms with Crippen LogP contribution in [-0.2, 0) is 0 Å². The van der Waals surface area contributed by atoms with Gasteiger partial charge in [-0.2, -0.15) is 4.98 Å². The molecule has 5 rings (SSSR count). The zero-order valence-corrected chi connectivity index (χ0v) is 18.3. The quantitative estimate of drug-likeness (QED) is 0.323. The van der Waals surface area contributed by atoms with Gasteiger partial charge in [0.1, 0.15) is 18.5 Å². The van der Waals surface area contributed by atoms with Gasteiger partial charge >= 0.3 is 11.6 Å². The predicted molar refractivity (Wildman–Crippen MR) is 124 cm³/mol. The third-order valence-electron chi connectivity index (χ3n) is 5.67. The minimum atomic E-state index is -0.553. The molecule has 0 atom stereocenters. The van der Waals surface area contributed by atoms with E-state index in [0.717, 1.165) is 5.56 Å². The Bertz CT molecular complexity index is 1380. The molecular weight excluding hydrogens is 441 g/mol. The molecule has 34 heavy (non-hydrogen) atoms. The minimum absolute atomic E-state index is 0.151. The molecule has 11 heteroatoms. The van der Waals surface area contributed by atoms with Crippen LogP contribution >= 0.6 is 0 Å². The predicted octanol–water partition coefficient (Wildman–Crippen LogP) is 3.89. The highest BCUT2D eigenvalue weighted by Gasteiger charge is 2.31. The first-order valence-electron chi connectivity index (χ1n) is 10.6. The highest BCUT2D eigenvalue weighted by Crippen LogP contribution is 2.37. The van der Waals surface area contributed by atoms with Gasteiger partial charge in [-0.25, -0.2) is 19.3 Å². The Hall–Kier alpha value is -4.41. The van der Waals surface area contributed by atoms with E-state index in [9.17, 15) is 14.5 Å². The lowest BCUT2D eigenvalue weighted by Gasteiger charge is -2.36. The Morgan fingerprint density at radius 3 is 2.41 bits per heavy atom. The topological polar surface area (TPSA) is 110 Å². The molecule has 1 saturated heterocycles. The molecule has 0 unspecified atom stereocenters. The summed E-state index contributed by atoms with van der Waals surface area (Å²) in [7, 11) is 0. The van der Waals surface area contributed by atoms with Crippen molar-refractivity contribution in [3.63, 3.8) is 0 Å². The van der Waals surface area contributed by atoms with Crippen LogP contribution in [0.5, 0.6) is 11.8 Å². The second-order valence-corrected chi connectivity index (χ2v) is 7.84. The van der Waals surface area contributed by atoms with E-state index < -0.39 is 4.92 Å². The molecular formula is C23H20FN7O3. The number of benzene rings is 2. The minimum Gasteiger partial charge on any atom is -0.414 e. The lowest BCUT2D eigenvalue weighted by molar-refractivity contribution is -0.385. The van der Waals surface area contributed by atoms with Crippen LogP contribution in [0.3, 0.4) is 0 Å². The normalized spacial score (nSPS) is 13.8. The maximum Gasteiger partial charge on any atom is 0.373 e. The van der Waals surface area contributed by atoms with Crippen LogP contribution in [0.25, 0.3) is 10.9 Å². The van der Waals surface area contributed by atoms with E-state index in [1.807, 2.05) is 30.0 Å². The molecule has 10 nitrogen and oxygen atoms in total. The van der Waals surface area contributed by atoms with Crippen molar-refractivity contribution in [3.8, 4) is 11.8 Å². The van der Waals surface area contributed by atoms with Gasteiger partial charge in [0.25, 0.3) is 0 Å². The monoisotopic (exact) mass is 461 g/mol. The molecule has 2 aromatic carbocycles. The second kappa shape index (κ2) is 8.85. The maximum atomic E-state index is 14.2. The third-order valence-corrected chi connectivity index (χ3v) is 5.67. The Labute approximate surface area is 193 Å². The number of anilines is 2. The van der Waals surface area contributed by atoms with E-state index in [4.69, 9.17) is 4.74 Å². The summed E-state index contributed by atoms with van der Waals surface area (Å²) in [5, 5.41) is 12.7. The molecule has 0 aliphatic carbocycles. The summed E-state index contributed by atoms with van der Waals surface area (Å²) in [6.45, 7) is 3.72. The Kier molecular flexibility index (Phi) is 5.58. The summed E-state index contributed by atoms with van der Waals surface area (Å²) in [5.41, 5.74) is 1.78. The number of aryl methyl sites for hydroxylation is 1. The molecule has 3 heterocycles. The number of ether oxygens (including phenoxy) is 1. The lowest BCUT2D eigenvalue weighted by Crippen LogP contribution is -2.47. The van der Waals surface area contributed by atoms with Crippen molar-refractivity contribution in [1.29, 1.82) is 0 Å². The summed E-state index contributed by atoms with van der Waals surface area (Å²) >= 11 is 0. The smallest absolute Gasteiger partial charge is 0.373 e. The van der Waals surface area contributed by atoms with E-state index in [0.29, 0.717) is 42.8 Å². The van der Waals surface area contributed by atoms with Crippen molar-refractivity contribution in [2.24, 2.45) is 0 Å². The zero-order valence-electron chi connectivity index (χ0n) is 18.3. The summed E-state index contributed by atoms with van der Waals surface area (Å²) in [4.78, 5) is 31.8. The van der Waals surface area contributed by atoms with Gasteiger partial charge in [0.05, 0.1) is 21.5 Å². The number of aromatic nitrogens is 4. The number of nitro groups is 1. The van der Waals surface area contributed by atoms with Gasteiger partial charge in [-0.3, -0.25) is 10.1 Å². The SMILES string of the molecule is Cc1ccc2ncnc(Oc3ncnc(N4CCN(c5ccccc5F)CC4)c3[N+](=O)[O-])c2c1. The molecule has 1 aliphatic rings. The molecule has 0 amide bonds. The largest absolute Gasteiger partial charge is 0.414 e. The summed E-state index contributed by atoms with van der Waals surface area (Å²) in [5.74, 6) is -0.177. The van der Waals surface area contributed by atoms with E-state index >= 15 is 0 Å². The van der Waals surface area contributed by atoms with Crippen LogP contribution in [-0.4, -0.2) is 51.0 Å². The second-order valence-electron chi connectivity index (χ2n) is 7.84. The fourth-order valence-corrected chi connectivity index (χ4v) is 4.01. The molecule has 172 valence electrons. The number of nitrogens with zero attached hydrogens (tertiary/aromatic N) is 7. The van der Waals surface area contributed by atoms with Crippen molar-refractivity contribution in [2.75, 3.05) is 36.0 Å². The van der Waals surface area contributed by atoms with Gasteiger partial charge in [0.15, 0.2) is 0 Å². The number of hydrogen-bond donors (Lipinski definition) is 0. The number of para-hydroxylation sites is 1. The average Bonchev–Trinajstić information content (AvgIpc) is 2.84.